The standard InChI is InChI=1S/C18H16FNO3S/c1-12(13-6-8-14(19)9-7-13)10-18(21)20-16-11-24(22,23)17-5-3-2-4-15(16)17/h2-10,16H,11H2,1H3,(H,20,21)/b12-10+. The first kappa shape index (κ1) is 16.4. The van der Waals surface area contributed by atoms with Gasteiger partial charge in [0.05, 0.1) is 16.7 Å². The third-order valence-electron chi connectivity index (χ3n) is 3.98. The molecule has 124 valence electrons. The van der Waals surface area contributed by atoms with Crippen molar-refractivity contribution >= 4 is 21.3 Å². The summed E-state index contributed by atoms with van der Waals surface area (Å²) in [6, 6.07) is 11.9. The van der Waals surface area contributed by atoms with E-state index in [4.69, 9.17) is 0 Å². The molecule has 0 bridgehead atoms. The Kier molecular flexibility index (Phi) is 4.24. The number of fused-ring (bicyclic) bond motifs is 1. The van der Waals surface area contributed by atoms with Crippen LogP contribution in [0.1, 0.15) is 24.1 Å². The van der Waals surface area contributed by atoms with Crippen LogP contribution in [0, 0.1) is 5.82 Å². The Morgan fingerprint density at radius 3 is 2.54 bits per heavy atom. The van der Waals surface area contributed by atoms with Crippen LogP contribution in [-0.2, 0) is 14.6 Å². The van der Waals surface area contributed by atoms with E-state index in [1.807, 2.05) is 0 Å². The fraction of sp³-hybridized carbons (Fsp3) is 0.167. The van der Waals surface area contributed by atoms with Crippen LogP contribution in [0.4, 0.5) is 4.39 Å². The van der Waals surface area contributed by atoms with Gasteiger partial charge in [-0.15, -0.1) is 0 Å². The molecular formula is C18H16FNO3S. The number of halogens is 1. The van der Waals surface area contributed by atoms with Crippen molar-refractivity contribution in [1.82, 2.24) is 5.32 Å². The molecule has 6 heteroatoms. The molecule has 0 aliphatic carbocycles. The minimum atomic E-state index is -3.36. The summed E-state index contributed by atoms with van der Waals surface area (Å²) < 4.78 is 37.2. The smallest absolute Gasteiger partial charge is 0.244 e. The van der Waals surface area contributed by atoms with Crippen LogP contribution < -0.4 is 5.32 Å². The average molecular weight is 345 g/mol. The molecule has 1 atom stereocenters. The van der Waals surface area contributed by atoms with Crippen molar-refractivity contribution < 1.29 is 17.6 Å². The average Bonchev–Trinajstić information content (AvgIpc) is 2.79. The normalized spacial score (nSPS) is 18.9. The van der Waals surface area contributed by atoms with Gasteiger partial charge in [-0.1, -0.05) is 30.3 Å². The molecule has 1 N–H and O–H groups in total. The van der Waals surface area contributed by atoms with Crippen LogP contribution in [0.3, 0.4) is 0 Å². The van der Waals surface area contributed by atoms with Gasteiger partial charge in [-0.3, -0.25) is 4.79 Å². The quantitative estimate of drug-likeness (QED) is 0.870. The molecule has 3 rings (SSSR count). The molecule has 2 aromatic rings. The highest BCUT2D eigenvalue weighted by atomic mass is 32.2. The molecule has 0 radical (unpaired) electrons. The zero-order valence-corrected chi connectivity index (χ0v) is 13.8. The van der Waals surface area contributed by atoms with Gasteiger partial charge in [0.15, 0.2) is 9.84 Å². The zero-order chi connectivity index (χ0) is 17.3. The molecule has 4 nitrogen and oxygen atoms in total. The number of benzene rings is 2. The van der Waals surface area contributed by atoms with Gasteiger partial charge in [0.25, 0.3) is 0 Å². The number of carbonyl (C=O) groups excluding carboxylic acids is 1. The minimum absolute atomic E-state index is 0.137. The van der Waals surface area contributed by atoms with Crippen molar-refractivity contribution in [2.75, 3.05) is 5.75 Å². The molecule has 0 spiro atoms. The number of sulfone groups is 1. The first-order valence-corrected chi connectivity index (χ1v) is 9.08. The molecule has 2 aromatic carbocycles. The SMILES string of the molecule is C/C(=C\C(=O)NC1CS(=O)(=O)c2ccccc21)c1ccc(F)cc1. The molecule has 1 aliphatic rings. The number of hydrogen-bond acceptors (Lipinski definition) is 3. The van der Waals surface area contributed by atoms with Crippen molar-refractivity contribution in [2.24, 2.45) is 0 Å². The topological polar surface area (TPSA) is 63.2 Å². The Labute approximate surface area is 139 Å². The Morgan fingerprint density at radius 1 is 1.17 bits per heavy atom. The van der Waals surface area contributed by atoms with Gasteiger partial charge in [0.1, 0.15) is 5.82 Å². The van der Waals surface area contributed by atoms with Gasteiger partial charge < -0.3 is 5.32 Å². The van der Waals surface area contributed by atoms with Gasteiger partial charge in [-0.2, -0.15) is 0 Å². The fourth-order valence-electron chi connectivity index (χ4n) is 2.78. The van der Waals surface area contributed by atoms with E-state index in [0.29, 0.717) is 11.1 Å². The van der Waals surface area contributed by atoms with Gasteiger partial charge >= 0.3 is 0 Å². The summed E-state index contributed by atoms with van der Waals surface area (Å²) in [7, 11) is -3.36. The maximum Gasteiger partial charge on any atom is 0.244 e. The molecule has 1 unspecified atom stereocenters. The maximum atomic E-state index is 12.9. The summed E-state index contributed by atoms with van der Waals surface area (Å²) in [4.78, 5) is 12.5. The third kappa shape index (κ3) is 3.23. The van der Waals surface area contributed by atoms with Crippen molar-refractivity contribution in [3.8, 4) is 0 Å². The van der Waals surface area contributed by atoms with Crippen LogP contribution in [0.5, 0.6) is 0 Å². The van der Waals surface area contributed by atoms with Crippen LogP contribution in [-0.4, -0.2) is 20.1 Å². The van der Waals surface area contributed by atoms with E-state index in [1.54, 1.807) is 43.3 Å². The molecule has 0 fully saturated rings. The summed E-state index contributed by atoms with van der Waals surface area (Å²) in [5.74, 6) is -0.862. The van der Waals surface area contributed by atoms with Gasteiger partial charge in [-0.05, 0) is 41.8 Å². The lowest BCUT2D eigenvalue weighted by Crippen LogP contribution is -2.28. The van der Waals surface area contributed by atoms with Crippen LogP contribution in [0.2, 0.25) is 0 Å². The van der Waals surface area contributed by atoms with Crippen LogP contribution in [0.25, 0.3) is 5.57 Å². The highest BCUT2D eigenvalue weighted by molar-refractivity contribution is 7.91. The number of carbonyl (C=O) groups is 1. The van der Waals surface area contributed by atoms with Crippen LogP contribution in [0.15, 0.2) is 59.5 Å². The van der Waals surface area contributed by atoms with Gasteiger partial charge in [-0.25, -0.2) is 12.8 Å². The molecule has 0 saturated carbocycles. The predicted octanol–water partition coefficient (Wildman–Crippen LogP) is 2.87. The second kappa shape index (κ2) is 6.20. The Morgan fingerprint density at radius 2 is 1.83 bits per heavy atom. The molecular weight excluding hydrogens is 329 g/mol. The Hall–Kier alpha value is -2.47. The first-order valence-electron chi connectivity index (χ1n) is 7.43. The van der Waals surface area contributed by atoms with E-state index < -0.39 is 15.9 Å². The van der Waals surface area contributed by atoms with Crippen molar-refractivity contribution in [2.45, 2.75) is 17.9 Å². The second-order valence-corrected chi connectivity index (χ2v) is 7.72. The lowest BCUT2D eigenvalue weighted by molar-refractivity contribution is -0.117. The fourth-order valence-corrected chi connectivity index (χ4v) is 4.51. The number of nitrogens with one attached hydrogen (secondary N) is 1. The zero-order valence-electron chi connectivity index (χ0n) is 13.0. The number of hydrogen-bond donors (Lipinski definition) is 1. The molecule has 0 aromatic heterocycles. The van der Waals surface area contributed by atoms with Crippen LogP contribution >= 0.6 is 0 Å². The highest BCUT2D eigenvalue weighted by Crippen LogP contribution is 2.32. The summed E-state index contributed by atoms with van der Waals surface area (Å²) >= 11 is 0. The monoisotopic (exact) mass is 345 g/mol. The number of allylic oxidation sites excluding steroid dienone is 1. The third-order valence-corrected chi connectivity index (χ3v) is 5.79. The summed E-state index contributed by atoms with van der Waals surface area (Å²) in [5.41, 5.74) is 2.01. The molecule has 1 aliphatic heterocycles. The summed E-state index contributed by atoms with van der Waals surface area (Å²) in [6.45, 7) is 1.74. The lowest BCUT2D eigenvalue weighted by atomic mass is 10.1. The van der Waals surface area contributed by atoms with Crippen molar-refractivity contribution in [3.05, 3.63) is 71.6 Å². The molecule has 1 heterocycles. The van der Waals surface area contributed by atoms with Gasteiger partial charge in [0, 0.05) is 6.08 Å². The number of rotatable bonds is 3. The maximum absolute atomic E-state index is 12.9. The molecule has 0 saturated heterocycles. The van der Waals surface area contributed by atoms with E-state index in [0.717, 1.165) is 5.56 Å². The van der Waals surface area contributed by atoms with E-state index in [-0.39, 0.29) is 22.4 Å². The van der Waals surface area contributed by atoms with Crippen molar-refractivity contribution in [3.63, 3.8) is 0 Å². The van der Waals surface area contributed by atoms with Gasteiger partial charge in [0.2, 0.25) is 5.91 Å². The van der Waals surface area contributed by atoms with E-state index >= 15 is 0 Å². The second-order valence-electron chi connectivity index (χ2n) is 5.71. The highest BCUT2D eigenvalue weighted by Gasteiger charge is 2.34. The lowest BCUT2D eigenvalue weighted by Gasteiger charge is -2.11. The van der Waals surface area contributed by atoms with E-state index in [2.05, 4.69) is 5.32 Å². The molecule has 1 amide bonds. The predicted molar refractivity (Wildman–Crippen MR) is 89.4 cm³/mol. The summed E-state index contributed by atoms with van der Waals surface area (Å²) in [5, 5.41) is 2.73. The molecule has 24 heavy (non-hydrogen) atoms. The Bertz CT molecular complexity index is 918. The number of amides is 1. The summed E-state index contributed by atoms with van der Waals surface area (Å²) in [6.07, 6.45) is 1.39. The minimum Gasteiger partial charge on any atom is -0.345 e. The Balaban J connectivity index is 1.79. The first-order chi connectivity index (χ1) is 11.4. The van der Waals surface area contributed by atoms with E-state index in [1.165, 1.54) is 18.2 Å². The van der Waals surface area contributed by atoms with E-state index in [9.17, 15) is 17.6 Å². The van der Waals surface area contributed by atoms with Crippen molar-refractivity contribution in [1.29, 1.82) is 0 Å². The largest absolute Gasteiger partial charge is 0.345 e.